The third-order valence-electron chi connectivity index (χ3n) is 0.506. The number of nitrogens with zero attached hydrogens (tertiary/aromatic N) is 2. The summed E-state index contributed by atoms with van der Waals surface area (Å²) in [5.74, 6) is 0. The fourth-order valence-corrected chi connectivity index (χ4v) is 0.724. The predicted octanol–water partition coefficient (Wildman–Crippen LogP) is 0.939. The SMILES string of the molecule is C[N+](C)=C[N+](C)(C)Cl.Cl. The van der Waals surface area contributed by atoms with Crippen molar-refractivity contribution in [3.63, 3.8) is 0 Å². The highest BCUT2D eigenvalue weighted by Crippen LogP contribution is 1.94. The van der Waals surface area contributed by atoms with E-state index in [9.17, 15) is 0 Å². The zero-order valence-corrected chi connectivity index (χ0v) is 7.83. The second-order valence-electron chi connectivity index (χ2n) is 2.48. The van der Waals surface area contributed by atoms with Crippen molar-refractivity contribution in [2.45, 2.75) is 0 Å². The molecule has 0 aromatic carbocycles. The van der Waals surface area contributed by atoms with Crippen molar-refractivity contribution >= 4 is 30.5 Å². The van der Waals surface area contributed by atoms with Crippen LogP contribution >= 0.6 is 24.2 Å². The van der Waals surface area contributed by atoms with E-state index in [1.54, 1.807) is 0 Å². The fourth-order valence-electron chi connectivity index (χ4n) is 0.549. The molecule has 0 heterocycles. The molecule has 0 rings (SSSR count). The summed E-state index contributed by atoms with van der Waals surface area (Å²) in [6, 6.07) is 0. The molecule has 0 aromatic heterocycles. The third kappa shape index (κ3) is 11.7. The second-order valence-corrected chi connectivity index (χ2v) is 3.35. The van der Waals surface area contributed by atoms with Gasteiger partial charge in [0.25, 0.3) is 0 Å². The molecular formula is C5H14Cl2N2+2. The number of hydrogen-bond acceptors (Lipinski definition) is 0. The molecule has 0 saturated carbocycles. The summed E-state index contributed by atoms with van der Waals surface area (Å²) in [5, 5.41) is 0. The van der Waals surface area contributed by atoms with Crippen molar-refractivity contribution in [3.8, 4) is 0 Å². The maximum atomic E-state index is 5.77. The zero-order valence-electron chi connectivity index (χ0n) is 6.26. The molecular weight excluding hydrogens is 159 g/mol. The van der Waals surface area contributed by atoms with Crippen LogP contribution in [-0.4, -0.2) is 43.1 Å². The molecule has 0 aromatic rings. The Hall–Kier alpha value is 0.210. The Morgan fingerprint density at radius 1 is 1.33 bits per heavy atom. The molecule has 9 heavy (non-hydrogen) atoms. The van der Waals surface area contributed by atoms with Gasteiger partial charge in [0.05, 0.1) is 14.1 Å². The van der Waals surface area contributed by atoms with E-state index in [-0.39, 0.29) is 12.4 Å². The molecule has 4 heteroatoms. The lowest BCUT2D eigenvalue weighted by molar-refractivity contribution is -0.699. The topological polar surface area (TPSA) is 3.01 Å². The molecule has 0 atom stereocenters. The Bertz CT molecular complexity index is 100. The maximum absolute atomic E-state index is 5.77. The van der Waals surface area contributed by atoms with Gasteiger partial charge in [-0.2, -0.15) is 4.58 Å². The average Bonchev–Trinajstić information content (AvgIpc) is 1.21. The van der Waals surface area contributed by atoms with Gasteiger partial charge in [-0.1, -0.05) is 0 Å². The van der Waals surface area contributed by atoms with Gasteiger partial charge in [-0.25, -0.2) is 0 Å². The van der Waals surface area contributed by atoms with Gasteiger partial charge in [-0.3, -0.25) is 0 Å². The van der Waals surface area contributed by atoms with Crippen molar-refractivity contribution in [3.05, 3.63) is 0 Å². The lowest BCUT2D eigenvalue weighted by Crippen LogP contribution is -2.29. The van der Waals surface area contributed by atoms with Crippen molar-refractivity contribution in [2.24, 2.45) is 0 Å². The van der Waals surface area contributed by atoms with Crippen LogP contribution in [0.3, 0.4) is 0 Å². The minimum absolute atomic E-state index is 0. The highest BCUT2D eigenvalue weighted by Gasteiger charge is 2.10. The average molecular weight is 173 g/mol. The number of rotatable bonds is 1. The van der Waals surface area contributed by atoms with Gasteiger partial charge in [-0.05, 0) is 0 Å². The first kappa shape index (κ1) is 11.9. The molecule has 0 bridgehead atoms. The van der Waals surface area contributed by atoms with Gasteiger partial charge in [-0.15, -0.1) is 16.4 Å². The summed E-state index contributed by atoms with van der Waals surface area (Å²) in [7, 11) is 7.67. The van der Waals surface area contributed by atoms with E-state index in [1.807, 2.05) is 39.1 Å². The second kappa shape index (κ2) is 4.09. The lowest BCUT2D eigenvalue weighted by atomic mass is 10.9. The monoisotopic (exact) mass is 172 g/mol. The van der Waals surface area contributed by atoms with Gasteiger partial charge >= 0.3 is 6.34 Å². The van der Waals surface area contributed by atoms with Gasteiger partial charge < -0.3 is 0 Å². The molecule has 0 unspecified atom stereocenters. The Morgan fingerprint density at radius 3 is 1.67 bits per heavy atom. The molecule has 0 aliphatic carbocycles. The van der Waals surface area contributed by atoms with Crippen molar-refractivity contribution < 1.29 is 8.58 Å². The number of quaternary nitrogens is 1. The quantitative estimate of drug-likeness (QED) is 0.240. The largest absolute Gasteiger partial charge is 0.343 e. The molecule has 0 fully saturated rings. The molecule has 0 amide bonds. The Labute approximate surface area is 67.8 Å². The highest BCUT2D eigenvalue weighted by atomic mass is 35.5. The highest BCUT2D eigenvalue weighted by molar-refractivity contribution is 6.09. The van der Waals surface area contributed by atoms with Gasteiger partial charge in [0.2, 0.25) is 0 Å². The van der Waals surface area contributed by atoms with Gasteiger partial charge in [0.15, 0.2) is 11.8 Å². The van der Waals surface area contributed by atoms with Crippen molar-refractivity contribution in [1.29, 1.82) is 0 Å². The van der Waals surface area contributed by atoms with Crippen LogP contribution in [0.25, 0.3) is 0 Å². The van der Waals surface area contributed by atoms with Crippen LogP contribution in [-0.2, 0) is 0 Å². The summed E-state index contributed by atoms with van der Waals surface area (Å²) < 4.78 is 2.28. The van der Waals surface area contributed by atoms with E-state index in [4.69, 9.17) is 11.8 Å². The van der Waals surface area contributed by atoms with Crippen LogP contribution in [0.1, 0.15) is 0 Å². The third-order valence-corrected chi connectivity index (χ3v) is 0.593. The van der Waals surface area contributed by atoms with Crippen LogP contribution in [0.2, 0.25) is 0 Å². The Morgan fingerprint density at radius 2 is 1.67 bits per heavy atom. The minimum Gasteiger partial charge on any atom is -0.194 e. The van der Waals surface area contributed by atoms with E-state index in [0.717, 1.165) is 0 Å². The van der Waals surface area contributed by atoms with E-state index in [2.05, 4.69) is 0 Å². The van der Waals surface area contributed by atoms with E-state index < -0.39 is 0 Å². The van der Waals surface area contributed by atoms with E-state index >= 15 is 0 Å². The van der Waals surface area contributed by atoms with Crippen molar-refractivity contribution in [1.82, 2.24) is 0 Å². The summed E-state index contributed by atoms with van der Waals surface area (Å²) >= 11 is 5.77. The first-order valence-corrected chi connectivity index (χ1v) is 2.81. The van der Waals surface area contributed by atoms with E-state index in [0.29, 0.717) is 4.00 Å². The smallest absolute Gasteiger partial charge is 0.194 e. The fraction of sp³-hybridized carbons (Fsp3) is 0.800. The predicted molar refractivity (Wildman–Crippen MR) is 43.4 cm³/mol. The van der Waals surface area contributed by atoms with Crippen LogP contribution < -0.4 is 0 Å². The van der Waals surface area contributed by atoms with Crippen LogP contribution in [0, 0.1) is 0 Å². The first-order chi connectivity index (χ1) is 3.42. The van der Waals surface area contributed by atoms with Crippen LogP contribution in [0.4, 0.5) is 0 Å². The van der Waals surface area contributed by atoms with Crippen LogP contribution in [0.5, 0.6) is 0 Å². The molecule has 0 saturated heterocycles. The molecule has 56 valence electrons. The van der Waals surface area contributed by atoms with Crippen molar-refractivity contribution in [2.75, 3.05) is 28.2 Å². The summed E-state index contributed by atoms with van der Waals surface area (Å²) in [4.78, 5) is 0. The number of halogens is 2. The van der Waals surface area contributed by atoms with Gasteiger partial charge in [0.1, 0.15) is 14.1 Å². The maximum Gasteiger partial charge on any atom is 0.343 e. The molecule has 0 radical (unpaired) electrons. The molecule has 0 spiro atoms. The molecule has 0 aliphatic rings. The Kier molecular flexibility index (Phi) is 5.43. The number of hydrogen-bond donors (Lipinski definition) is 0. The lowest BCUT2D eigenvalue weighted by Gasteiger charge is -2.06. The van der Waals surface area contributed by atoms with E-state index in [1.165, 1.54) is 0 Å². The summed E-state index contributed by atoms with van der Waals surface area (Å²) in [5.41, 5.74) is 0. The zero-order chi connectivity index (χ0) is 6.78. The summed E-state index contributed by atoms with van der Waals surface area (Å²) in [6.07, 6.45) is 1.89. The van der Waals surface area contributed by atoms with Crippen LogP contribution in [0.15, 0.2) is 0 Å². The standard InChI is InChI=1S/C5H13ClN2.ClH/c1-7(2)5-8(3,4)6;/h5H,1-4H3;1H/q+2;. The molecule has 0 N–H and O–H groups in total. The first-order valence-electron chi connectivity index (χ1n) is 2.47. The minimum atomic E-state index is 0. The molecule has 0 aliphatic heterocycles. The Balaban J connectivity index is 0. The summed E-state index contributed by atoms with van der Waals surface area (Å²) in [6.45, 7) is 0. The van der Waals surface area contributed by atoms with Gasteiger partial charge in [0, 0.05) is 0 Å². The molecule has 2 nitrogen and oxygen atoms in total. The normalized spacial score (nSPS) is 9.89.